The van der Waals surface area contributed by atoms with Gasteiger partial charge < -0.3 is 14.3 Å². The van der Waals surface area contributed by atoms with Crippen LogP contribution in [-0.2, 0) is 0 Å². The summed E-state index contributed by atoms with van der Waals surface area (Å²) in [5.41, 5.74) is 0.830. The van der Waals surface area contributed by atoms with E-state index in [1.165, 1.54) is 12.1 Å². The van der Waals surface area contributed by atoms with Gasteiger partial charge in [-0.05, 0) is 30.3 Å². The molecule has 94 valence electrons. The average molecular weight is 255 g/mol. The number of hydrogen-bond acceptors (Lipinski definition) is 4. The highest BCUT2D eigenvalue weighted by molar-refractivity contribution is 5.88. The number of hydrogen-bond donors (Lipinski definition) is 1. The Hall–Kier alpha value is -2.82. The quantitative estimate of drug-likeness (QED) is 0.777. The Morgan fingerprint density at radius 1 is 1.26 bits per heavy atom. The van der Waals surface area contributed by atoms with Crippen molar-refractivity contribution in [2.24, 2.45) is 0 Å². The van der Waals surface area contributed by atoms with Gasteiger partial charge in [0.15, 0.2) is 0 Å². The molecule has 5 nitrogen and oxygen atoms in total. The molecule has 3 rings (SSSR count). The molecule has 0 saturated heterocycles. The first-order valence-electron chi connectivity index (χ1n) is 5.57. The molecule has 0 radical (unpaired) electrons. The second-order valence-corrected chi connectivity index (χ2v) is 3.88. The number of benzene rings is 1. The van der Waals surface area contributed by atoms with Gasteiger partial charge in [-0.2, -0.15) is 0 Å². The zero-order chi connectivity index (χ0) is 13.2. The third-order valence-electron chi connectivity index (χ3n) is 2.64. The monoisotopic (exact) mass is 255 g/mol. The molecule has 0 aliphatic carbocycles. The summed E-state index contributed by atoms with van der Waals surface area (Å²) in [7, 11) is 0. The lowest BCUT2D eigenvalue weighted by Gasteiger charge is -2.05. The summed E-state index contributed by atoms with van der Waals surface area (Å²) in [4.78, 5) is 15.0. The van der Waals surface area contributed by atoms with Crippen LogP contribution in [0.1, 0.15) is 10.4 Å². The third-order valence-corrected chi connectivity index (χ3v) is 2.64. The Bertz CT molecular complexity index is 748. The predicted molar refractivity (Wildman–Crippen MR) is 67.5 cm³/mol. The molecule has 0 aliphatic heterocycles. The first-order valence-corrected chi connectivity index (χ1v) is 5.57. The van der Waals surface area contributed by atoms with Crippen LogP contribution in [0.2, 0.25) is 0 Å². The standard InChI is InChI=1S/C14H9NO4/c16-14(17)9-2-1-3-10(8-9)19-13-11-5-7-18-12(11)4-6-15-13/h1-8H,(H,16,17). The lowest BCUT2D eigenvalue weighted by molar-refractivity contribution is 0.0696. The SMILES string of the molecule is O=C(O)c1cccc(Oc2nccc3occc23)c1. The summed E-state index contributed by atoms with van der Waals surface area (Å²) in [6.07, 6.45) is 3.12. The van der Waals surface area contributed by atoms with Crippen LogP contribution < -0.4 is 4.74 Å². The average Bonchev–Trinajstić information content (AvgIpc) is 2.88. The highest BCUT2D eigenvalue weighted by Crippen LogP contribution is 2.28. The van der Waals surface area contributed by atoms with Gasteiger partial charge in [0, 0.05) is 6.20 Å². The number of aromatic carboxylic acids is 1. The van der Waals surface area contributed by atoms with Crippen molar-refractivity contribution in [3.63, 3.8) is 0 Å². The lowest BCUT2D eigenvalue weighted by atomic mass is 10.2. The Balaban J connectivity index is 1.99. The van der Waals surface area contributed by atoms with Crippen LogP contribution in [0.3, 0.4) is 0 Å². The Morgan fingerprint density at radius 3 is 3.00 bits per heavy atom. The van der Waals surface area contributed by atoms with Gasteiger partial charge in [-0.15, -0.1) is 0 Å². The highest BCUT2D eigenvalue weighted by atomic mass is 16.5. The molecule has 0 bridgehead atoms. The third kappa shape index (κ3) is 2.13. The van der Waals surface area contributed by atoms with E-state index in [-0.39, 0.29) is 5.56 Å². The van der Waals surface area contributed by atoms with E-state index in [1.54, 1.807) is 36.7 Å². The molecule has 0 amide bonds. The number of carbonyl (C=O) groups is 1. The van der Waals surface area contributed by atoms with Crippen LogP contribution in [0, 0.1) is 0 Å². The second-order valence-electron chi connectivity index (χ2n) is 3.88. The topological polar surface area (TPSA) is 72.6 Å². The minimum Gasteiger partial charge on any atom is -0.478 e. The zero-order valence-corrected chi connectivity index (χ0v) is 9.74. The largest absolute Gasteiger partial charge is 0.478 e. The summed E-state index contributed by atoms with van der Waals surface area (Å²) < 4.78 is 10.9. The van der Waals surface area contributed by atoms with Crippen molar-refractivity contribution in [2.75, 3.05) is 0 Å². The van der Waals surface area contributed by atoms with E-state index >= 15 is 0 Å². The molecule has 1 N–H and O–H groups in total. The van der Waals surface area contributed by atoms with Crippen molar-refractivity contribution in [1.82, 2.24) is 4.98 Å². The van der Waals surface area contributed by atoms with E-state index in [2.05, 4.69) is 4.98 Å². The summed E-state index contributed by atoms with van der Waals surface area (Å²) in [5.74, 6) is -0.199. The first kappa shape index (κ1) is 11.3. The van der Waals surface area contributed by atoms with Crippen molar-refractivity contribution in [1.29, 1.82) is 0 Å². The van der Waals surface area contributed by atoms with Gasteiger partial charge in [-0.1, -0.05) is 6.07 Å². The number of pyridine rings is 1. The van der Waals surface area contributed by atoms with Crippen molar-refractivity contribution in [2.45, 2.75) is 0 Å². The molecule has 19 heavy (non-hydrogen) atoms. The molecular formula is C14H9NO4. The minimum absolute atomic E-state index is 0.164. The van der Waals surface area contributed by atoms with E-state index in [0.717, 1.165) is 5.39 Å². The van der Waals surface area contributed by atoms with Gasteiger partial charge >= 0.3 is 5.97 Å². The number of aromatic nitrogens is 1. The molecule has 1 aromatic carbocycles. The summed E-state index contributed by atoms with van der Waals surface area (Å²) in [5, 5.41) is 9.67. The maximum atomic E-state index is 10.9. The molecular weight excluding hydrogens is 246 g/mol. The Labute approximate surface area is 108 Å². The van der Waals surface area contributed by atoms with Crippen LogP contribution in [-0.4, -0.2) is 16.1 Å². The molecule has 0 unspecified atom stereocenters. The van der Waals surface area contributed by atoms with E-state index in [1.807, 2.05) is 0 Å². The summed E-state index contributed by atoms with van der Waals surface area (Å²) >= 11 is 0. The van der Waals surface area contributed by atoms with Gasteiger partial charge in [-0.3, -0.25) is 0 Å². The van der Waals surface area contributed by atoms with Crippen LogP contribution in [0.5, 0.6) is 11.6 Å². The van der Waals surface area contributed by atoms with Gasteiger partial charge in [0.25, 0.3) is 0 Å². The number of rotatable bonds is 3. The maximum absolute atomic E-state index is 10.9. The van der Waals surface area contributed by atoms with Crippen molar-refractivity contribution < 1.29 is 19.1 Å². The normalized spacial score (nSPS) is 10.5. The number of fused-ring (bicyclic) bond motifs is 1. The van der Waals surface area contributed by atoms with Crippen molar-refractivity contribution in [3.05, 3.63) is 54.4 Å². The fourth-order valence-electron chi connectivity index (χ4n) is 1.75. The van der Waals surface area contributed by atoms with Crippen molar-refractivity contribution in [3.8, 4) is 11.6 Å². The number of nitrogens with zero attached hydrogens (tertiary/aromatic N) is 1. The summed E-state index contributed by atoms with van der Waals surface area (Å²) in [6.45, 7) is 0. The zero-order valence-electron chi connectivity index (χ0n) is 9.74. The molecule has 0 fully saturated rings. The van der Waals surface area contributed by atoms with E-state index in [4.69, 9.17) is 14.3 Å². The number of carboxylic acid groups (broad SMARTS) is 1. The highest BCUT2D eigenvalue weighted by Gasteiger charge is 2.09. The van der Waals surface area contributed by atoms with E-state index < -0.39 is 5.97 Å². The molecule has 5 heteroatoms. The second kappa shape index (κ2) is 4.45. The fourth-order valence-corrected chi connectivity index (χ4v) is 1.75. The van der Waals surface area contributed by atoms with Crippen LogP contribution in [0.15, 0.2) is 53.3 Å². The number of ether oxygens (including phenoxy) is 1. The predicted octanol–water partition coefficient (Wildman–Crippen LogP) is 3.32. The summed E-state index contributed by atoms with van der Waals surface area (Å²) in [6, 6.07) is 9.72. The molecule has 0 aliphatic rings. The smallest absolute Gasteiger partial charge is 0.335 e. The van der Waals surface area contributed by atoms with Crippen molar-refractivity contribution >= 4 is 16.9 Å². The minimum atomic E-state index is -1.00. The molecule has 2 heterocycles. The maximum Gasteiger partial charge on any atom is 0.335 e. The van der Waals surface area contributed by atoms with Gasteiger partial charge in [0.05, 0.1) is 17.2 Å². The van der Waals surface area contributed by atoms with Gasteiger partial charge in [-0.25, -0.2) is 9.78 Å². The Morgan fingerprint density at radius 2 is 2.16 bits per heavy atom. The molecule has 0 atom stereocenters. The van der Waals surface area contributed by atoms with Gasteiger partial charge in [0.1, 0.15) is 11.3 Å². The van der Waals surface area contributed by atoms with E-state index in [0.29, 0.717) is 17.2 Å². The van der Waals surface area contributed by atoms with Crippen LogP contribution in [0.4, 0.5) is 0 Å². The molecule has 2 aromatic heterocycles. The number of furan rings is 1. The lowest BCUT2D eigenvalue weighted by Crippen LogP contribution is -1.96. The molecule has 0 saturated carbocycles. The number of carboxylic acids is 1. The first-order chi connectivity index (χ1) is 9.24. The van der Waals surface area contributed by atoms with Crippen LogP contribution >= 0.6 is 0 Å². The molecule has 3 aromatic rings. The van der Waals surface area contributed by atoms with Gasteiger partial charge in [0.2, 0.25) is 5.88 Å². The fraction of sp³-hybridized carbons (Fsp3) is 0. The molecule has 0 spiro atoms. The van der Waals surface area contributed by atoms with Crippen LogP contribution in [0.25, 0.3) is 11.0 Å². The Kier molecular flexibility index (Phi) is 2.64. The van der Waals surface area contributed by atoms with E-state index in [9.17, 15) is 4.79 Å².